The van der Waals surface area contributed by atoms with Crippen LogP contribution in [0.25, 0.3) is 5.65 Å². The molecule has 5 heterocycles. The average Bonchev–Trinajstić information content (AvgIpc) is 3.37. The summed E-state index contributed by atoms with van der Waals surface area (Å²) in [5.74, 6) is 0.832. The molecule has 2 bridgehead atoms. The van der Waals surface area contributed by atoms with Gasteiger partial charge in [0.25, 0.3) is 5.91 Å². The predicted molar refractivity (Wildman–Crippen MR) is 112 cm³/mol. The van der Waals surface area contributed by atoms with E-state index in [2.05, 4.69) is 20.3 Å². The normalized spacial score (nSPS) is 23.8. The number of hydrogen-bond acceptors (Lipinski definition) is 7. The number of fused-ring (bicyclic) bond motifs is 3. The van der Waals surface area contributed by atoms with E-state index < -0.39 is 11.4 Å². The molecule has 9 nitrogen and oxygen atoms in total. The summed E-state index contributed by atoms with van der Waals surface area (Å²) in [6.07, 6.45) is 7.34. The maximum atomic E-state index is 14.2. The van der Waals surface area contributed by atoms with Gasteiger partial charge in [0.1, 0.15) is 24.1 Å². The van der Waals surface area contributed by atoms with Crippen LogP contribution in [0.3, 0.4) is 0 Å². The third kappa shape index (κ3) is 3.04. The molecule has 6 rings (SSSR count). The summed E-state index contributed by atoms with van der Waals surface area (Å²) in [6, 6.07) is 1.55. The summed E-state index contributed by atoms with van der Waals surface area (Å²) in [7, 11) is 0. The minimum atomic E-state index is -0.706. The lowest BCUT2D eigenvalue weighted by Gasteiger charge is -2.39. The molecule has 3 aromatic heterocycles. The Hall–Kier alpha value is -3.43. The molecule has 10 heteroatoms. The number of carbonyl (C=O) groups excluding carboxylic acids is 1. The summed E-state index contributed by atoms with van der Waals surface area (Å²) in [5, 5.41) is 7.30. The number of nitrogens with one attached hydrogen (secondary N) is 1. The van der Waals surface area contributed by atoms with Crippen molar-refractivity contribution < 1.29 is 18.7 Å². The van der Waals surface area contributed by atoms with Gasteiger partial charge in [0.2, 0.25) is 5.88 Å². The first-order valence-corrected chi connectivity index (χ1v) is 10.8. The lowest BCUT2D eigenvalue weighted by atomic mass is 10.1. The molecule has 1 aliphatic carbocycles. The fourth-order valence-corrected chi connectivity index (χ4v) is 4.80. The van der Waals surface area contributed by atoms with E-state index in [0.29, 0.717) is 40.8 Å². The topological polar surface area (TPSA) is 93.9 Å². The number of ether oxygens (including phenoxy) is 2. The number of rotatable bonds is 0. The highest BCUT2D eigenvalue weighted by Gasteiger charge is 2.41. The number of aromatic nitrogens is 4. The van der Waals surface area contributed by atoms with Crippen LogP contribution in [0.5, 0.6) is 11.6 Å². The molecule has 2 aliphatic heterocycles. The first-order valence-electron chi connectivity index (χ1n) is 10.8. The highest BCUT2D eigenvalue weighted by atomic mass is 19.1. The van der Waals surface area contributed by atoms with Crippen molar-refractivity contribution >= 4 is 17.4 Å². The minimum Gasteiger partial charge on any atom is -0.483 e. The Balaban J connectivity index is 1.56. The van der Waals surface area contributed by atoms with Crippen LogP contribution in [0.15, 0.2) is 24.7 Å². The molecule has 1 fully saturated rings. The highest BCUT2D eigenvalue weighted by molar-refractivity contribution is 6.00. The smallest absolute Gasteiger partial charge is 0.257 e. The van der Waals surface area contributed by atoms with Crippen molar-refractivity contribution in [3.05, 3.63) is 41.6 Å². The van der Waals surface area contributed by atoms with Gasteiger partial charge in [-0.1, -0.05) is 0 Å². The van der Waals surface area contributed by atoms with E-state index in [1.54, 1.807) is 10.7 Å². The molecular weight excluding hydrogens is 415 g/mol. The third-order valence-corrected chi connectivity index (χ3v) is 6.31. The third-order valence-electron chi connectivity index (χ3n) is 6.31. The van der Waals surface area contributed by atoms with Gasteiger partial charge >= 0.3 is 0 Å². The van der Waals surface area contributed by atoms with E-state index in [9.17, 15) is 9.18 Å². The Bertz CT molecular complexity index is 1240. The fraction of sp³-hybridized carbons (Fsp3) is 0.455. The second-order valence-electron chi connectivity index (χ2n) is 9.28. The van der Waals surface area contributed by atoms with Crippen molar-refractivity contribution in [3.8, 4) is 11.6 Å². The second-order valence-corrected chi connectivity index (χ2v) is 9.28. The van der Waals surface area contributed by atoms with Gasteiger partial charge in [0.15, 0.2) is 17.2 Å². The van der Waals surface area contributed by atoms with Crippen molar-refractivity contribution in [1.82, 2.24) is 24.9 Å². The van der Waals surface area contributed by atoms with Crippen LogP contribution in [-0.4, -0.2) is 49.8 Å². The van der Waals surface area contributed by atoms with Crippen molar-refractivity contribution in [2.45, 2.75) is 57.3 Å². The SMILES string of the molecule is CC1(C)COc2ncc(F)cc2CN2c3nc4c(cnn4cc3O[C@H]3CCC[C@H]32)C(=O)N1. The quantitative estimate of drug-likeness (QED) is 0.576. The number of hydrogen-bond donors (Lipinski definition) is 1. The molecule has 0 unspecified atom stereocenters. The van der Waals surface area contributed by atoms with Gasteiger partial charge < -0.3 is 19.7 Å². The fourth-order valence-electron chi connectivity index (χ4n) is 4.80. The summed E-state index contributed by atoms with van der Waals surface area (Å²) in [6.45, 7) is 4.24. The summed E-state index contributed by atoms with van der Waals surface area (Å²) in [4.78, 5) is 24.2. The Labute approximate surface area is 183 Å². The Morgan fingerprint density at radius 1 is 1.28 bits per heavy atom. The number of carbonyl (C=O) groups is 1. The minimum absolute atomic E-state index is 0.0144. The van der Waals surface area contributed by atoms with Crippen LogP contribution in [0, 0.1) is 5.82 Å². The molecule has 0 spiro atoms. The maximum Gasteiger partial charge on any atom is 0.257 e. The van der Waals surface area contributed by atoms with E-state index in [-0.39, 0.29) is 24.7 Å². The summed E-state index contributed by atoms with van der Waals surface area (Å²) >= 11 is 0. The lowest BCUT2D eigenvalue weighted by Crippen LogP contribution is -2.48. The molecule has 2 atom stereocenters. The Morgan fingerprint density at radius 2 is 2.16 bits per heavy atom. The van der Waals surface area contributed by atoms with Gasteiger partial charge in [0.05, 0.1) is 36.7 Å². The number of anilines is 1. The largest absolute Gasteiger partial charge is 0.483 e. The van der Waals surface area contributed by atoms with Crippen LogP contribution in [0.4, 0.5) is 10.2 Å². The van der Waals surface area contributed by atoms with E-state index in [4.69, 9.17) is 14.5 Å². The Kier molecular flexibility index (Phi) is 4.08. The molecule has 1 saturated carbocycles. The van der Waals surface area contributed by atoms with Crippen LogP contribution in [0.2, 0.25) is 0 Å². The van der Waals surface area contributed by atoms with Crippen LogP contribution < -0.4 is 19.7 Å². The molecule has 0 saturated heterocycles. The van der Waals surface area contributed by atoms with Gasteiger partial charge in [0, 0.05) is 5.56 Å². The van der Waals surface area contributed by atoms with Gasteiger partial charge in [-0.25, -0.2) is 18.9 Å². The molecule has 166 valence electrons. The number of nitrogens with zero attached hydrogens (tertiary/aromatic N) is 5. The average molecular weight is 438 g/mol. The monoisotopic (exact) mass is 438 g/mol. The first kappa shape index (κ1) is 19.3. The van der Waals surface area contributed by atoms with Gasteiger partial charge in [-0.3, -0.25) is 4.79 Å². The molecule has 32 heavy (non-hydrogen) atoms. The molecular formula is C22H23FN6O3. The van der Waals surface area contributed by atoms with Crippen LogP contribution >= 0.6 is 0 Å². The standard InChI is InChI=1S/C22H23FN6O3/c1-22(2)11-31-21-12(6-13(23)7-24-21)9-28-15-4-3-5-16(15)32-17-10-29-18(26-19(17)28)14(8-25-29)20(30)27-22/h6-8,10,15-16H,3-5,9,11H2,1-2H3,(H,27,30)/t15-,16+/m1/s1. The number of pyridine rings is 1. The van der Waals surface area contributed by atoms with E-state index in [1.165, 1.54) is 12.3 Å². The lowest BCUT2D eigenvalue weighted by molar-refractivity contribution is 0.0880. The van der Waals surface area contributed by atoms with Crippen molar-refractivity contribution in [1.29, 1.82) is 0 Å². The molecule has 3 aliphatic rings. The molecule has 1 N–H and O–H groups in total. The van der Waals surface area contributed by atoms with Crippen molar-refractivity contribution in [2.24, 2.45) is 0 Å². The zero-order chi connectivity index (χ0) is 22.0. The maximum absolute atomic E-state index is 14.2. The number of amides is 1. The van der Waals surface area contributed by atoms with Crippen LogP contribution in [-0.2, 0) is 6.54 Å². The molecule has 1 amide bonds. The van der Waals surface area contributed by atoms with Gasteiger partial charge in [-0.05, 0) is 39.2 Å². The first-order chi connectivity index (χ1) is 15.4. The molecule has 0 radical (unpaired) electrons. The van der Waals surface area contributed by atoms with Gasteiger partial charge in [-0.15, -0.1) is 0 Å². The van der Waals surface area contributed by atoms with E-state index in [0.717, 1.165) is 25.5 Å². The summed E-state index contributed by atoms with van der Waals surface area (Å²) < 4.78 is 28.0. The van der Waals surface area contributed by atoms with Gasteiger partial charge in [-0.2, -0.15) is 5.10 Å². The van der Waals surface area contributed by atoms with Crippen molar-refractivity contribution in [2.75, 3.05) is 11.5 Å². The van der Waals surface area contributed by atoms with E-state index >= 15 is 0 Å². The van der Waals surface area contributed by atoms with Crippen molar-refractivity contribution in [3.63, 3.8) is 0 Å². The second kappa shape index (κ2) is 6.78. The molecule has 3 aromatic rings. The molecule has 0 aromatic carbocycles. The number of halogens is 1. The summed E-state index contributed by atoms with van der Waals surface area (Å²) in [5.41, 5.74) is 0.735. The van der Waals surface area contributed by atoms with Crippen LogP contribution in [0.1, 0.15) is 49.0 Å². The Morgan fingerprint density at radius 3 is 3.03 bits per heavy atom. The zero-order valence-corrected chi connectivity index (χ0v) is 17.8. The zero-order valence-electron chi connectivity index (χ0n) is 17.8. The predicted octanol–water partition coefficient (Wildman–Crippen LogP) is 2.48. The highest BCUT2D eigenvalue weighted by Crippen LogP contribution is 2.42. The van der Waals surface area contributed by atoms with E-state index in [1.807, 2.05) is 13.8 Å².